The highest BCUT2D eigenvalue weighted by Gasteiger charge is 2.27. The van der Waals surface area contributed by atoms with E-state index < -0.39 is 0 Å². The van der Waals surface area contributed by atoms with Crippen molar-refractivity contribution in [1.82, 2.24) is 29.4 Å². The molecule has 1 amide bonds. The second-order valence-corrected chi connectivity index (χ2v) is 8.03. The molecule has 0 unspecified atom stereocenters. The van der Waals surface area contributed by atoms with Crippen molar-refractivity contribution in [2.24, 2.45) is 0 Å². The zero-order valence-corrected chi connectivity index (χ0v) is 18.4. The van der Waals surface area contributed by atoms with Gasteiger partial charge >= 0.3 is 0 Å². The molecule has 1 fully saturated rings. The van der Waals surface area contributed by atoms with Crippen LogP contribution in [0, 0.1) is 13.8 Å². The lowest BCUT2D eigenvalue weighted by Crippen LogP contribution is -2.48. The number of aromatic nitrogens is 4. The van der Waals surface area contributed by atoms with Crippen molar-refractivity contribution in [1.29, 1.82) is 0 Å². The van der Waals surface area contributed by atoms with E-state index in [4.69, 9.17) is 16.7 Å². The molecule has 30 heavy (non-hydrogen) atoms. The third kappa shape index (κ3) is 3.87. The number of rotatable bonds is 5. The van der Waals surface area contributed by atoms with Crippen LogP contribution in [0.25, 0.3) is 5.69 Å². The monoisotopic (exact) mass is 426 g/mol. The molecule has 7 nitrogen and oxygen atoms in total. The summed E-state index contributed by atoms with van der Waals surface area (Å²) in [5.74, 6) is -0.0386. The standard InChI is InChI=1S/C22H27ClN6O/c1-4-28-21(20(23)14-24-28)22(30)27-12-10-26(11-13-27)15-19-16(2)25-29(17(19)3)18-8-6-5-7-9-18/h5-9,14H,4,10-13,15H2,1-3H3. The van der Waals surface area contributed by atoms with Crippen LogP contribution in [-0.2, 0) is 13.1 Å². The van der Waals surface area contributed by atoms with Gasteiger partial charge in [-0.3, -0.25) is 14.4 Å². The average molecular weight is 427 g/mol. The van der Waals surface area contributed by atoms with Crippen LogP contribution < -0.4 is 0 Å². The zero-order chi connectivity index (χ0) is 21.3. The van der Waals surface area contributed by atoms with Crippen molar-refractivity contribution in [3.63, 3.8) is 0 Å². The Bertz CT molecular complexity index is 1030. The largest absolute Gasteiger partial charge is 0.335 e. The van der Waals surface area contributed by atoms with E-state index in [-0.39, 0.29) is 5.91 Å². The minimum atomic E-state index is -0.0386. The molecular formula is C22H27ClN6O. The molecule has 0 aliphatic carbocycles. The molecule has 1 aliphatic rings. The zero-order valence-electron chi connectivity index (χ0n) is 17.7. The molecule has 158 valence electrons. The second kappa shape index (κ2) is 8.62. The normalized spacial score (nSPS) is 15.0. The molecule has 0 saturated carbocycles. The Morgan fingerprint density at radius 1 is 1.10 bits per heavy atom. The van der Waals surface area contributed by atoms with Crippen molar-refractivity contribution < 1.29 is 4.79 Å². The van der Waals surface area contributed by atoms with E-state index >= 15 is 0 Å². The first-order chi connectivity index (χ1) is 14.5. The Hall–Kier alpha value is -2.64. The van der Waals surface area contributed by atoms with Crippen molar-refractivity contribution in [2.45, 2.75) is 33.9 Å². The van der Waals surface area contributed by atoms with Gasteiger partial charge in [-0.05, 0) is 32.9 Å². The number of hydrogen-bond acceptors (Lipinski definition) is 4. The van der Waals surface area contributed by atoms with Crippen LogP contribution in [0.15, 0.2) is 36.5 Å². The van der Waals surface area contributed by atoms with Crippen molar-refractivity contribution in [3.05, 3.63) is 64.2 Å². The summed E-state index contributed by atoms with van der Waals surface area (Å²) in [4.78, 5) is 17.2. The highest BCUT2D eigenvalue weighted by Crippen LogP contribution is 2.22. The second-order valence-electron chi connectivity index (χ2n) is 7.62. The first-order valence-corrected chi connectivity index (χ1v) is 10.7. The molecule has 0 N–H and O–H groups in total. The van der Waals surface area contributed by atoms with Gasteiger partial charge in [-0.1, -0.05) is 29.8 Å². The van der Waals surface area contributed by atoms with E-state index in [1.807, 2.05) is 34.7 Å². The molecule has 1 aliphatic heterocycles. The van der Waals surface area contributed by atoms with Crippen LogP contribution in [-0.4, -0.2) is 61.4 Å². The number of carbonyl (C=O) groups is 1. The maximum atomic E-state index is 12.9. The summed E-state index contributed by atoms with van der Waals surface area (Å²) in [6, 6.07) is 10.2. The van der Waals surface area contributed by atoms with Gasteiger partial charge in [-0.2, -0.15) is 10.2 Å². The molecular weight excluding hydrogens is 400 g/mol. The summed E-state index contributed by atoms with van der Waals surface area (Å²) in [5.41, 5.74) is 5.03. The number of aryl methyl sites for hydroxylation is 2. The van der Waals surface area contributed by atoms with E-state index in [2.05, 4.69) is 36.0 Å². The van der Waals surface area contributed by atoms with Gasteiger partial charge < -0.3 is 4.90 Å². The third-order valence-electron chi connectivity index (χ3n) is 5.78. The van der Waals surface area contributed by atoms with Crippen LogP contribution in [0.1, 0.15) is 34.4 Å². The molecule has 0 bridgehead atoms. The van der Waals surface area contributed by atoms with Crippen LogP contribution in [0.2, 0.25) is 5.02 Å². The summed E-state index contributed by atoms with van der Waals surface area (Å²) in [7, 11) is 0. The molecule has 4 rings (SSSR count). The van der Waals surface area contributed by atoms with Crippen molar-refractivity contribution in [3.8, 4) is 5.69 Å². The Morgan fingerprint density at radius 3 is 2.47 bits per heavy atom. The molecule has 3 aromatic rings. The summed E-state index contributed by atoms with van der Waals surface area (Å²) in [5, 5.41) is 9.36. The molecule has 0 radical (unpaired) electrons. The quantitative estimate of drug-likeness (QED) is 0.628. The molecule has 3 heterocycles. The Kier molecular flexibility index (Phi) is 5.92. The van der Waals surface area contributed by atoms with E-state index in [1.54, 1.807) is 10.9 Å². The van der Waals surface area contributed by atoms with Gasteiger partial charge in [0.2, 0.25) is 0 Å². The first kappa shape index (κ1) is 20.6. The van der Waals surface area contributed by atoms with Crippen LogP contribution in [0.4, 0.5) is 0 Å². The van der Waals surface area contributed by atoms with Gasteiger partial charge in [-0.25, -0.2) is 4.68 Å². The molecule has 1 aromatic carbocycles. The third-order valence-corrected chi connectivity index (χ3v) is 6.06. The summed E-state index contributed by atoms with van der Waals surface area (Å²) >= 11 is 6.21. The predicted octanol–water partition coefficient (Wildman–Crippen LogP) is 3.32. The molecule has 1 saturated heterocycles. The number of carbonyl (C=O) groups excluding carboxylic acids is 1. The summed E-state index contributed by atoms with van der Waals surface area (Å²) < 4.78 is 3.68. The number of amides is 1. The molecule has 0 atom stereocenters. The van der Waals surface area contributed by atoms with Gasteiger partial charge in [0, 0.05) is 50.5 Å². The fourth-order valence-corrected chi connectivity index (χ4v) is 4.24. The maximum absolute atomic E-state index is 12.9. The van der Waals surface area contributed by atoms with Crippen LogP contribution in [0.3, 0.4) is 0 Å². The number of hydrogen-bond donors (Lipinski definition) is 0. The molecule has 8 heteroatoms. The number of benzene rings is 1. The smallest absolute Gasteiger partial charge is 0.273 e. The van der Waals surface area contributed by atoms with Gasteiger partial charge in [-0.15, -0.1) is 0 Å². The van der Waals surface area contributed by atoms with E-state index in [0.717, 1.165) is 36.7 Å². The predicted molar refractivity (Wildman–Crippen MR) is 117 cm³/mol. The highest BCUT2D eigenvalue weighted by atomic mass is 35.5. The lowest BCUT2D eigenvalue weighted by atomic mass is 10.1. The van der Waals surface area contributed by atoms with Gasteiger partial charge in [0.05, 0.1) is 22.6 Å². The Labute approximate surface area is 181 Å². The minimum Gasteiger partial charge on any atom is -0.335 e. The minimum absolute atomic E-state index is 0.0386. The first-order valence-electron chi connectivity index (χ1n) is 10.3. The Morgan fingerprint density at radius 2 is 1.80 bits per heavy atom. The van der Waals surface area contributed by atoms with Crippen molar-refractivity contribution in [2.75, 3.05) is 26.2 Å². The van der Waals surface area contributed by atoms with E-state index in [0.29, 0.717) is 30.4 Å². The van der Waals surface area contributed by atoms with Gasteiger partial charge in [0.25, 0.3) is 5.91 Å². The summed E-state index contributed by atoms with van der Waals surface area (Å²) in [6.07, 6.45) is 1.55. The molecule has 0 spiro atoms. The maximum Gasteiger partial charge on any atom is 0.273 e. The Balaban J connectivity index is 1.43. The number of nitrogens with zero attached hydrogens (tertiary/aromatic N) is 6. The highest BCUT2D eigenvalue weighted by molar-refractivity contribution is 6.33. The topological polar surface area (TPSA) is 59.2 Å². The lowest BCUT2D eigenvalue weighted by molar-refractivity contribution is 0.0616. The van der Waals surface area contributed by atoms with E-state index in [1.165, 1.54) is 5.56 Å². The lowest BCUT2D eigenvalue weighted by Gasteiger charge is -2.34. The van der Waals surface area contributed by atoms with E-state index in [9.17, 15) is 4.79 Å². The number of piperazine rings is 1. The van der Waals surface area contributed by atoms with Crippen molar-refractivity contribution >= 4 is 17.5 Å². The van der Waals surface area contributed by atoms with Gasteiger partial charge in [0.1, 0.15) is 5.69 Å². The van der Waals surface area contributed by atoms with Crippen LogP contribution >= 0.6 is 11.6 Å². The summed E-state index contributed by atoms with van der Waals surface area (Å²) in [6.45, 7) is 10.6. The van der Waals surface area contributed by atoms with Gasteiger partial charge in [0.15, 0.2) is 0 Å². The fourth-order valence-electron chi connectivity index (χ4n) is 4.02. The number of para-hydroxylation sites is 1. The van der Waals surface area contributed by atoms with Crippen LogP contribution in [0.5, 0.6) is 0 Å². The number of halogens is 1. The SMILES string of the molecule is CCn1ncc(Cl)c1C(=O)N1CCN(Cc2c(C)nn(-c3ccccc3)c2C)CC1. The fraction of sp³-hybridized carbons (Fsp3) is 0.409. The molecule has 2 aromatic heterocycles. The average Bonchev–Trinajstić information content (AvgIpc) is 3.28.